The maximum atomic E-state index is 12.0. The van der Waals surface area contributed by atoms with Crippen molar-refractivity contribution < 1.29 is 19.9 Å². The first-order chi connectivity index (χ1) is 14.3. The number of rotatable bonds is 7. The minimum atomic E-state index is -0.488. The number of thioether (sulfide) groups is 1. The van der Waals surface area contributed by atoms with Crippen molar-refractivity contribution in [2.24, 2.45) is 12.1 Å². The van der Waals surface area contributed by atoms with E-state index in [9.17, 15) is 25.1 Å². The van der Waals surface area contributed by atoms with Gasteiger partial charge in [-0.2, -0.15) is 5.10 Å². The predicted octanol–water partition coefficient (Wildman–Crippen LogP) is 2.04. The highest BCUT2D eigenvalue weighted by Crippen LogP contribution is 2.25. The van der Waals surface area contributed by atoms with Crippen LogP contribution < -0.4 is 5.43 Å². The number of hydrogen-bond acceptors (Lipinski definition) is 9. The molecule has 3 N–H and O–H groups in total. The highest BCUT2D eigenvalue weighted by molar-refractivity contribution is 7.99. The highest BCUT2D eigenvalue weighted by Gasteiger charge is 2.15. The lowest BCUT2D eigenvalue weighted by Gasteiger charge is -2.04. The summed E-state index contributed by atoms with van der Waals surface area (Å²) in [5.74, 6) is -0.231. The largest absolute Gasteiger partial charge is 0.508 e. The van der Waals surface area contributed by atoms with E-state index in [0.717, 1.165) is 17.8 Å². The number of hydrazone groups is 1. The van der Waals surface area contributed by atoms with E-state index in [1.54, 1.807) is 23.7 Å². The Morgan fingerprint density at radius 3 is 2.83 bits per heavy atom. The summed E-state index contributed by atoms with van der Waals surface area (Å²) in [6.07, 6.45) is 1.25. The molecule has 0 saturated heterocycles. The molecule has 0 unspecified atom stereocenters. The van der Waals surface area contributed by atoms with Gasteiger partial charge in [0.25, 0.3) is 11.6 Å². The summed E-state index contributed by atoms with van der Waals surface area (Å²) in [5.41, 5.74) is 3.14. The SMILES string of the molecule is Cn1c(SCC(=O)N/N=C/c2ccc(O)cc2O)nnc1-c1cccc([N+](=O)[O-])c1. The van der Waals surface area contributed by atoms with Crippen molar-refractivity contribution in [2.45, 2.75) is 5.16 Å². The number of non-ortho nitro benzene ring substituents is 1. The molecule has 1 aromatic heterocycles. The Labute approximate surface area is 174 Å². The van der Waals surface area contributed by atoms with Crippen LogP contribution in [0.2, 0.25) is 0 Å². The van der Waals surface area contributed by atoms with Crippen LogP contribution in [0.5, 0.6) is 11.5 Å². The molecular formula is C18H16N6O5S. The number of benzene rings is 2. The lowest BCUT2D eigenvalue weighted by molar-refractivity contribution is -0.384. The van der Waals surface area contributed by atoms with E-state index in [0.29, 0.717) is 22.1 Å². The lowest BCUT2D eigenvalue weighted by atomic mass is 10.2. The molecule has 1 heterocycles. The minimum absolute atomic E-state index is 0.000188. The van der Waals surface area contributed by atoms with Crippen LogP contribution >= 0.6 is 11.8 Å². The normalized spacial score (nSPS) is 11.0. The molecule has 0 aliphatic heterocycles. The smallest absolute Gasteiger partial charge is 0.270 e. The molecule has 11 nitrogen and oxygen atoms in total. The Kier molecular flexibility index (Phi) is 6.27. The molecule has 3 aromatic rings. The van der Waals surface area contributed by atoms with Crippen molar-refractivity contribution in [3.63, 3.8) is 0 Å². The standard InChI is InChI=1S/C18H16N6O5S/c1-23-17(11-3-2-4-13(7-11)24(28)29)21-22-18(23)30-10-16(27)20-19-9-12-5-6-14(25)8-15(12)26/h2-9,25-26H,10H2,1H3,(H,20,27)/b19-9+. The number of phenols is 2. The molecule has 0 aliphatic carbocycles. The van der Waals surface area contributed by atoms with E-state index < -0.39 is 10.8 Å². The summed E-state index contributed by atoms with van der Waals surface area (Å²) >= 11 is 1.12. The second-order valence-corrected chi connectivity index (χ2v) is 6.94. The Morgan fingerprint density at radius 1 is 1.30 bits per heavy atom. The molecule has 0 fully saturated rings. The fourth-order valence-electron chi connectivity index (χ4n) is 2.43. The van der Waals surface area contributed by atoms with Crippen molar-refractivity contribution >= 4 is 29.6 Å². The summed E-state index contributed by atoms with van der Waals surface area (Å²) in [5, 5.41) is 42.1. The molecule has 154 valence electrons. The molecule has 0 saturated carbocycles. The number of amides is 1. The van der Waals surface area contributed by atoms with Gasteiger partial charge in [0.2, 0.25) is 0 Å². The van der Waals surface area contributed by atoms with Crippen LogP contribution in [0.3, 0.4) is 0 Å². The number of carbonyl (C=O) groups is 1. The zero-order valence-corrected chi connectivity index (χ0v) is 16.4. The lowest BCUT2D eigenvalue weighted by Crippen LogP contribution is -2.19. The zero-order chi connectivity index (χ0) is 21.7. The Hall–Kier alpha value is -3.93. The summed E-state index contributed by atoms with van der Waals surface area (Å²) in [4.78, 5) is 22.4. The van der Waals surface area contributed by atoms with E-state index >= 15 is 0 Å². The van der Waals surface area contributed by atoms with Gasteiger partial charge in [0.15, 0.2) is 11.0 Å². The van der Waals surface area contributed by atoms with Gasteiger partial charge in [0, 0.05) is 36.4 Å². The second-order valence-electron chi connectivity index (χ2n) is 6.00. The number of carbonyl (C=O) groups excluding carboxylic acids is 1. The van der Waals surface area contributed by atoms with Crippen LogP contribution in [0.1, 0.15) is 5.56 Å². The third-order valence-corrected chi connectivity index (χ3v) is 4.91. The molecule has 0 aliphatic rings. The van der Waals surface area contributed by atoms with Gasteiger partial charge in [0.1, 0.15) is 11.5 Å². The van der Waals surface area contributed by atoms with Crippen LogP contribution in [0.4, 0.5) is 5.69 Å². The number of nitro benzene ring substituents is 1. The summed E-state index contributed by atoms with van der Waals surface area (Å²) in [6, 6.07) is 10.0. The highest BCUT2D eigenvalue weighted by atomic mass is 32.2. The second kappa shape index (κ2) is 9.05. The van der Waals surface area contributed by atoms with Gasteiger partial charge in [-0.25, -0.2) is 5.43 Å². The fourth-order valence-corrected chi connectivity index (χ4v) is 3.13. The number of nitrogens with zero attached hydrogens (tertiary/aromatic N) is 5. The molecule has 1 amide bonds. The molecule has 2 aromatic carbocycles. The van der Waals surface area contributed by atoms with Gasteiger partial charge in [-0.15, -0.1) is 10.2 Å². The van der Waals surface area contributed by atoms with E-state index in [1.807, 2.05) is 0 Å². The topological polar surface area (TPSA) is 156 Å². The first kappa shape index (κ1) is 20.8. The average molecular weight is 428 g/mol. The minimum Gasteiger partial charge on any atom is -0.508 e. The first-order valence-corrected chi connectivity index (χ1v) is 9.44. The van der Waals surface area contributed by atoms with Gasteiger partial charge >= 0.3 is 0 Å². The van der Waals surface area contributed by atoms with Gasteiger partial charge in [-0.1, -0.05) is 23.9 Å². The van der Waals surface area contributed by atoms with Crippen LogP contribution in [0.25, 0.3) is 11.4 Å². The van der Waals surface area contributed by atoms with Crippen molar-refractivity contribution in [1.29, 1.82) is 0 Å². The predicted molar refractivity (Wildman–Crippen MR) is 109 cm³/mol. The van der Waals surface area contributed by atoms with Crippen molar-refractivity contribution in [1.82, 2.24) is 20.2 Å². The summed E-state index contributed by atoms with van der Waals surface area (Å²) in [6.45, 7) is 0. The van der Waals surface area contributed by atoms with Gasteiger partial charge in [-0.3, -0.25) is 14.9 Å². The number of aromatic hydroxyl groups is 2. The zero-order valence-electron chi connectivity index (χ0n) is 15.6. The van der Waals surface area contributed by atoms with Gasteiger partial charge in [0.05, 0.1) is 16.9 Å². The maximum Gasteiger partial charge on any atom is 0.270 e. The van der Waals surface area contributed by atoms with E-state index in [4.69, 9.17) is 0 Å². The number of aromatic nitrogens is 3. The molecule has 0 bridgehead atoms. The van der Waals surface area contributed by atoms with Crippen LogP contribution in [0, 0.1) is 10.1 Å². The monoisotopic (exact) mass is 428 g/mol. The summed E-state index contributed by atoms with van der Waals surface area (Å²) in [7, 11) is 1.69. The van der Waals surface area contributed by atoms with Crippen molar-refractivity contribution in [3.8, 4) is 22.9 Å². The quantitative estimate of drug-likeness (QED) is 0.223. The summed E-state index contributed by atoms with van der Waals surface area (Å²) < 4.78 is 1.63. The Balaban J connectivity index is 1.60. The van der Waals surface area contributed by atoms with E-state index in [1.165, 1.54) is 30.5 Å². The van der Waals surface area contributed by atoms with Crippen LogP contribution in [0.15, 0.2) is 52.7 Å². The van der Waals surface area contributed by atoms with Crippen molar-refractivity contribution in [3.05, 3.63) is 58.1 Å². The Morgan fingerprint density at radius 2 is 2.10 bits per heavy atom. The molecule has 0 radical (unpaired) electrons. The number of hydrogen-bond donors (Lipinski definition) is 3. The fraction of sp³-hybridized carbons (Fsp3) is 0.111. The van der Waals surface area contributed by atoms with Crippen LogP contribution in [-0.2, 0) is 11.8 Å². The van der Waals surface area contributed by atoms with E-state index in [2.05, 4.69) is 20.7 Å². The first-order valence-electron chi connectivity index (χ1n) is 8.46. The number of phenolic OH excluding ortho intramolecular Hbond substituents is 2. The van der Waals surface area contributed by atoms with Gasteiger partial charge < -0.3 is 14.8 Å². The average Bonchev–Trinajstić information content (AvgIpc) is 3.08. The molecule has 12 heteroatoms. The maximum absolute atomic E-state index is 12.0. The van der Waals surface area contributed by atoms with Crippen LogP contribution in [-0.4, -0.2) is 47.8 Å². The molecule has 30 heavy (non-hydrogen) atoms. The molecule has 0 atom stereocenters. The third-order valence-electron chi connectivity index (χ3n) is 3.89. The Bertz CT molecular complexity index is 1130. The third kappa shape index (κ3) is 4.91. The van der Waals surface area contributed by atoms with E-state index in [-0.39, 0.29) is 22.9 Å². The number of nitro groups is 1. The van der Waals surface area contributed by atoms with Crippen molar-refractivity contribution in [2.75, 3.05) is 5.75 Å². The molecular weight excluding hydrogens is 412 g/mol. The molecule has 0 spiro atoms. The van der Waals surface area contributed by atoms with Gasteiger partial charge in [-0.05, 0) is 12.1 Å². The molecule has 3 rings (SSSR count). The number of nitrogens with one attached hydrogen (secondary N) is 1.